The minimum atomic E-state index is -0.489. The molecule has 0 radical (unpaired) electrons. The lowest BCUT2D eigenvalue weighted by Crippen LogP contribution is -2.40. The third kappa shape index (κ3) is 3.39. The van der Waals surface area contributed by atoms with Gasteiger partial charge in [-0.15, -0.1) is 0 Å². The molecule has 128 valence electrons. The second-order valence-electron chi connectivity index (χ2n) is 7.09. The van der Waals surface area contributed by atoms with Crippen molar-refractivity contribution in [2.75, 3.05) is 6.54 Å². The van der Waals surface area contributed by atoms with Crippen LogP contribution in [0.2, 0.25) is 0 Å². The van der Waals surface area contributed by atoms with Crippen molar-refractivity contribution >= 4 is 6.09 Å². The fourth-order valence-electron chi connectivity index (χ4n) is 2.82. The molecule has 1 amide bonds. The maximum atomic E-state index is 12.2. The van der Waals surface area contributed by atoms with Crippen LogP contribution < -0.4 is 0 Å². The normalized spacial score (nSPS) is 14.5. The number of aryl methyl sites for hydroxylation is 2. The van der Waals surface area contributed by atoms with Crippen molar-refractivity contribution in [1.82, 2.24) is 24.6 Å². The summed E-state index contributed by atoms with van der Waals surface area (Å²) in [6, 6.07) is 1.92. The number of fused-ring (bicyclic) bond motifs is 1. The number of hydrogen-bond donors (Lipinski definition) is 0. The number of amides is 1. The minimum Gasteiger partial charge on any atom is -0.444 e. The topological polar surface area (TPSA) is 73.1 Å². The summed E-state index contributed by atoms with van der Waals surface area (Å²) in [4.78, 5) is 22.7. The molecule has 0 atom stereocenters. The molecule has 7 nitrogen and oxygen atoms in total. The third-order valence-electron chi connectivity index (χ3n) is 3.76. The van der Waals surface area contributed by atoms with E-state index >= 15 is 0 Å². The zero-order valence-electron chi connectivity index (χ0n) is 14.8. The van der Waals surface area contributed by atoms with E-state index in [-0.39, 0.29) is 6.09 Å². The van der Waals surface area contributed by atoms with Crippen LogP contribution in [0.3, 0.4) is 0 Å². The van der Waals surface area contributed by atoms with Crippen LogP contribution in [0.25, 0.3) is 5.82 Å². The lowest BCUT2D eigenvalue weighted by Gasteiger charge is -2.30. The Morgan fingerprint density at radius 1 is 1.25 bits per heavy atom. The highest BCUT2D eigenvalue weighted by atomic mass is 16.6. The van der Waals surface area contributed by atoms with Crippen molar-refractivity contribution in [1.29, 1.82) is 0 Å². The molecule has 7 heteroatoms. The fraction of sp³-hybridized carbons (Fsp3) is 0.529. The summed E-state index contributed by atoms with van der Waals surface area (Å²) in [7, 11) is 0. The Labute approximate surface area is 141 Å². The average Bonchev–Trinajstić information content (AvgIpc) is 2.87. The van der Waals surface area contributed by atoms with Gasteiger partial charge in [0.15, 0.2) is 5.82 Å². The van der Waals surface area contributed by atoms with E-state index in [1.54, 1.807) is 11.1 Å². The number of ether oxygens (including phenoxy) is 1. The smallest absolute Gasteiger partial charge is 0.410 e. The van der Waals surface area contributed by atoms with E-state index < -0.39 is 5.60 Å². The molecule has 3 heterocycles. The van der Waals surface area contributed by atoms with Gasteiger partial charge in [-0.25, -0.2) is 19.4 Å². The number of carbonyl (C=O) groups is 1. The van der Waals surface area contributed by atoms with Gasteiger partial charge in [-0.05, 0) is 34.6 Å². The summed E-state index contributed by atoms with van der Waals surface area (Å²) >= 11 is 0. The number of nitrogens with zero attached hydrogens (tertiary/aromatic N) is 5. The predicted molar refractivity (Wildman–Crippen MR) is 89.0 cm³/mol. The van der Waals surface area contributed by atoms with Gasteiger partial charge in [0.2, 0.25) is 0 Å². The molecule has 24 heavy (non-hydrogen) atoms. The molecule has 1 aliphatic rings. The van der Waals surface area contributed by atoms with E-state index in [2.05, 4.69) is 15.1 Å². The van der Waals surface area contributed by atoms with Crippen LogP contribution in [0.4, 0.5) is 4.79 Å². The molecule has 1 aliphatic heterocycles. The first-order chi connectivity index (χ1) is 11.2. The van der Waals surface area contributed by atoms with Gasteiger partial charge in [0, 0.05) is 30.3 Å². The molecule has 0 fully saturated rings. The molecule has 0 saturated carbocycles. The first-order valence-corrected chi connectivity index (χ1v) is 8.09. The van der Waals surface area contributed by atoms with E-state index in [4.69, 9.17) is 4.74 Å². The van der Waals surface area contributed by atoms with Gasteiger partial charge in [-0.2, -0.15) is 5.10 Å². The Hall–Kier alpha value is -2.44. The van der Waals surface area contributed by atoms with E-state index in [1.165, 1.54) is 0 Å². The van der Waals surface area contributed by atoms with Crippen molar-refractivity contribution in [2.45, 2.75) is 53.2 Å². The summed E-state index contributed by atoms with van der Waals surface area (Å²) in [5, 5.41) is 4.47. The molecule has 0 unspecified atom stereocenters. The van der Waals surface area contributed by atoms with E-state index in [0.717, 1.165) is 35.0 Å². The van der Waals surface area contributed by atoms with Crippen LogP contribution in [-0.2, 0) is 17.7 Å². The van der Waals surface area contributed by atoms with Crippen LogP contribution in [0.15, 0.2) is 12.3 Å². The monoisotopic (exact) mass is 329 g/mol. The molecule has 0 aromatic carbocycles. The SMILES string of the molecule is Cc1cc(-n2ncc3c2CCN(C(=O)OC(C)(C)C)C3)nc(C)n1. The standard InChI is InChI=1S/C17H23N5O2/c1-11-8-15(20-12(2)19-11)22-14-6-7-21(10-13(14)9-18-22)16(23)24-17(3,4)5/h8-9H,6-7,10H2,1-5H3. The zero-order chi connectivity index (χ0) is 17.5. The third-order valence-corrected chi connectivity index (χ3v) is 3.76. The first-order valence-electron chi connectivity index (χ1n) is 8.09. The Bertz CT molecular complexity index is 756. The molecule has 3 rings (SSSR count). The number of hydrogen-bond acceptors (Lipinski definition) is 5. The highest BCUT2D eigenvalue weighted by molar-refractivity contribution is 5.68. The van der Waals surface area contributed by atoms with Gasteiger partial charge in [0.1, 0.15) is 11.4 Å². The van der Waals surface area contributed by atoms with Gasteiger partial charge >= 0.3 is 6.09 Å². The van der Waals surface area contributed by atoms with Crippen molar-refractivity contribution in [3.8, 4) is 5.82 Å². The Morgan fingerprint density at radius 2 is 2.00 bits per heavy atom. The number of carbonyl (C=O) groups excluding carboxylic acids is 1. The summed E-state index contributed by atoms with van der Waals surface area (Å²) in [6.07, 6.45) is 2.24. The van der Waals surface area contributed by atoms with Crippen molar-refractivity contribution in [2.24, 2.45) is 0 Å². The van der Waals surface area contributed by atoms with Crippen molar-refractivity contribution in [3.63, 3.8) is 0 Å². The molecule has 0 N–H and O–H groups in total. The van der Waals surface area contributed by atoms with Gasteiger partial charge < -0.3 is 9.64 Å². The Morgan fingerprint density at radius 3 is 2.67 bits per heavy atom. The number of rotatable bonds is 1. The lowest BCUT2D eigenvalue weighted by atomic mass is 10.1. The van der Waals surface area contributed by atoms with Crippen LogP contribution >= 0.6 is 0 Å². The van der Waals surface area contributed by atoms with Crippen LogP contribution in [-0.4, -0.2) is 42.9 Å². The van der Waals surface area contributed by atoms with E-state index in [0.29, 0.717) is 13.1 Å². The largest absolute Gasteiger partial charge is 0.444 e. The fourth-order valence-corrected chi connectivity index (χ4v) is 2.82. The van der Waals surface area contributed by atoms with Crippen LogP contribution in [0, 0.1) is 13.8 Å². The molecule has 0 aliphatic carbocycles. The van der Waals surface area contributed by atoms with Gasteiger partial charge in [0.05, 0.1) is 18.4 Å². The highest BCUT2D eigenvalue weighted by Gasteiger charge is 2.28. The first kappa shape index (κ1) is 16.4. The Balaban J connectivity index is 1.83. The van der Waals surface area contributed by atoms with Crippen molar-refractivity contribution < 1.29 is 9.53 Å². The van der Waals surface area contributed by atoms with Crippen LogP contribution in [0.5, 0.6) is 0 Å². The average molecular weight is 329 g/mol. The molecule has 2 aromatic heterocycles. The molecular weight excluding hydrogens is 306 g/mol. The minimum absolute atomic E-state index is 0.283. The quantitative estimate of drug-likeness (QED) is 0.804. The highest BCUT2D eigenvalue weighted by Crippen LogP contribution is 2.23. The summed E-state index contributed by atoms with van der Waals surface area (Å²) in [6.45, 7) is 10.5. The predicted octanol–water partition coefficient (Wildman–Crippen LogP) is 2.57. The summed E-state index contributed by atoms with van der Waals surface area (Å²) < 4.78 is 7.30. The summed E-state index contributed by atoms with van der Waals surface area (Å²) in [5.74, 6) is 1.49. The number of aromatic nitrogens is 4. The lowest BCUT2D eigenvalue weighted by molar-refractivity contribution is 0.0223. The molecule has 0 saturated heterocycles. The second-order valence-corrected chi connectivity index (χ2v) is 7.09. The van der Waals surface area contributed by atoms with Crippen LogP contribution in [0.1, 0.15) is 43.5 Å². The van der Waals surface area contributed by atoms with E-state index in [1.807, 2.05) is 45.4 Å². The summed E-state index contributed by atoms with van der Waals surface area (Å²) in [5.41, 5.74) is 2.54. The Kier molecular flexibility index (Phi) is 4.03. The molecule has 2 aromatic rings. The van der Waals surface area contributed by atoms with Crippen molar-refractivity contribution in [3.05, 3.63) is 35.0 Å². The maximum absolute atomic E-state index is 12.2. The molecular formula is C17H23N5O2. The van der Waals surface area contributed by atoms with Gasteiger partial charge in [0.25, 0.3) is 0 Å². The maximum Gasteiger partial charge on any atom is 0.410 e. The van der Waals surface area contributed by atoms with E-state index in [9.17, 15) is 4.79 Å². The van der Waals surface area contributed by atoms with Gasteiger partial charge in [-0.3, -0.25) is 0 Å². The second kappa shape index (κ2) is 5.89. The van der Waals surface area contributed by atoms with Gasteiger partial charge in [-0.1, -0.05) is 0 Å². The molecule has 0 spiro atoms. The zero-order valence-corrected chi connectivity index (χ0v) is 14.8. The molecule has 0 bridgehead atoms.